The van der Waals surface area contributed by atoms with Gasteiger partial charge < -0.3 is 9.80 Å². The van der Waals surface area contributed by atoms with Crippen LogP contribution in [0.5, 0.6) is 0 Å². The monoisotopic (exact) mass is 434 g/mol. The van der Waals surface area contributed by atoms with Gasteiger partial charge in [0.1, 0.15) is 0 Å². The van der Waals surface area contributed by atoms with Crippen LogP contribution in [0.1, 0.15) is 39.7 Å². The van der Waals surface area contributed by atoms with E-state index in [1.807, 2.05) is 33.8 Å². The van der Waals surface area contributed by atoms with Gasteiger partial charge in [0.05, 0.1) is 16.9 Å². The molecule has 0 spiro atoms. The Morgan fingerprint density at radius 3 is 2.48 bits per heavy atom. The summed E-state index contributed by atoms with van der Waals surface area (Å²) in [6.07, 6.45) is -3.66. The first-order valence-electron chi connectivity index (χ1n) is 10.7. The van der Waals surface area contributed by atoms with E-state index in [-0.39, 0.29) is 12.1 Å². The third-order valence-electron chi connectivity index (χ3n) is 5.79. The standard InChI is InChI=1S/C23H29F3N4O/c1-5-28(6-2)22(31)30-16(4)13-14-29(7-3)20-12-11-19(27-21(20)30)17-9-8-10-18(15-17)23(24,25)26/h8-12,15-16H,5-7,13-14H2,1-4H3/t16-/m1/s1. The molecule has 1 aromatic carbocycles. The molecule has 1 aromatic heterocycles. The summed E-state index contributed by atoms with van der Waals surface area (Å²) >= 11 is 0. The molecule has 1 aliphatic heterocycles. The maximum atomic E-state index is 13.4. The number of fused-ring (bicyclic) bond motifs is 1. The van der Waals surface area contributed by atoms with E-state index in [1.165, 1.54) is 6.07 Å². The van der Waals surface area contributed by atoms with Crippen molar-refractivity contribution < 1.29 is 18.0 Å². The zero-order chi connectivity index (χ0) is 22.8. The summed E-state index contributed by atoms with van der Waals surface area (Å²) in [5, 5.41) is 0. The number of alkyl halides is 3. The summed E-state index contributed by atoms with van der Waals surface area (Å²) < 4.78 is 39.6. The second kappa shape index (κ2) is 9.16. The Morgan fingerprint density at radius 1 is 1.16 bits per heavy atom. The Labute approximate surface area is 181 Å². The molecule has 8 heteroatoms. The maximum Gasteiger partial charge on any atom is 0.416 e. The van der Waals surface area contributed by atoms with Crippen molar-refractivity contribution in [1.29, 1.82) is 0 Å². The van der Waals surface area contributed by atoms with Crippen molar-refractivity contribution in [3.05, 3.63) is 42.0 Å². The largest absolute Gasteiger partial charge is 0.416 e. The van der Waals surface area contributed by atoms with Crippen molar-refractivity contribution in [1.82, 2.24) is 9.88 Å². The van der Waals surface area contributed by atoms with Gasteiger partial charge in [-0.1, -0.05) is 12.1 Å². The number of nitrogens with zero attached hydrogens (tertiary/aromatic N) is 4. The quantitative estimate of drug-likeness (QED) is 0.624. The van der Waals surface area contributed by atoms with Crippen LogP contribution in [-0.4, -0.2) is 48.1 Å². The Kier molecular flexibility index (Phi) is 6.77. The van der Waals surface area contributed by atoms with Crippen LogP contribution < -0.4 is 9.80 Å². The number of carbonyl (C=O) groups is 1. The molecule has 3 rings (SSSR count). The van der Waals surface area contributed by atoms with Crippen LogP contribution in [-0.2, 0) is 6.18 Å². The van der Waals surface area contributed by atoms with E-state index in [0.29, 0.717) is 30.2 Å². The molecule has 2 amide bonds. The van der Waals surface area contributed by atoms with Crippen molar-refractivity contribution in [2.24, 2.45) is 0 Å². The Bertz CT molecular complexity index is 927. The van der Waals surface area contributed by atoms with Gasteiger partial charge in [-0.3, -0.25) is 4.90 Å². The minimum absolute atomic E-state index is 0.0901. The predicted molar refractivity (Wildman–Crippen MR) is 117 cm³/mol. The van der Waals surface area contributed by atoms with Crippen LogP contribution in [0.25, 0.3) is 11.3 Å². The number of aromatic nitrogens is 1. The average Bonchev–Trinajstić information content (AvgIpc) is 2.89. The lowest BCUT2D eigenvalue weighted by molar-refractivity contribution is -0.137. The Morgan fingerprint density at radius 2 is 1.87 bits per heavy atom. The third-order valence-corrected chi connectivity index (χ3v) is 5.79. The van der Waals surface area contributed by atoms with E-state index in [1.54, 1.807) is 21.9 Å². The van der Waals surface area contributed by atoms with Gasteiger partial charge in [-0.15, -0.1) is 0 Å². The lowest BCUT2D eigenvalue weighted by Gasteiger charge is -2.32. The normalized spacial score (nSPS) is 16.7. The number of hydrogen-bond donors (Lipinski definition) is 0. The van der Waals surface area contributed by atoms with Gasteiger partial charge in [0.15, 0.2) is 5.82 Å². The maximum absolute atomic E-state index is 13.4. The van der Waals surface area contributed by atoms with Gasteiger partial charge in [-0.05, 0) is 58.4 Å². The highest BCUT2D eigenvalue weighted by Crippen LogP contribution is 2.37. The van der Waals surface area contributed by atoms with Gasteiger partial charge in [0.25, 0.3) is 0 Å². The van der Waals surface area contributed by atoms with E-state index >= 15 is 0 Å². The zero-order valence-corrected chi connectivity index (χ0v) is 18.4. The van der Waals surface area contributed by atoms with Crippen molar-refractivity contribution in [3.63, 3.8) is 0 Å². The smallest absolute Gasteiger partial charge is 0.369 e. The first-order chi connectivity index (χ1) is 14.7. The van der Waals surface area contributed by atoms with Crippen LogP contribution in [0.2, 0.25) is 0 Å². The summed E-state index contributed by atoms with van der Waals surface area (Å²) in [5.74, 6) is 0.499. The van der Waals surface area contributed by atoms with E-state index in [0.717, 1.165) is 37.3 Å². The highest BCUT2D eigenvalue weighted by atomic mass is 19.4. The molecule has 31 heavy (non-hydrogen) atoms. The lowest BCUT2D eigenvalue weighted by Crippen LogP contribution is -2.47. The number of halogens is 3. The molecule has 5 nitrogen and oxygen atoms in total. The van der Waals surface area contributed by atoms with Crippen molar-refractivity contribution >= 4 is 17.5 Å². The number of rotatable bonds is 4. The second-order valence-corrected chi connectivity index (χ2v) is 7.66. The van der Waals surface area contributed by atoms with Crippen molar-refractivity contribution in [3.8, 4) is 11.3 Å². The first kappa shape index (κ1) is 22.9. The number of hydrogen-bond acceptors (Lipinski definition) is 3. The number of carbonyl (C=O) groups excluding carboxylic acids is 1. The SMILES string of the molecule is CCN(CC)C(=O)N1c2nc(-c3cccc(C(F)(F)F)c3)ccc2N(CC)CC[C@H]1C. The highest BCUT2D eigenvalue weighted by Gasteiger charge is 2.33. The van der Waals surface area contributed by atoms with Crippen LogP contribution in [0.4, 0.5) is 29.5 Å². The van der Waals surface area contributed by atoms with Crippen LogP contribution >= 0.6 is 0 Å². The summed E-state index contributed by atoms with van der Waals surface area (Å²) in [6.45, 7) is 10.5. The van der Waals surface area contributed by atoms with Gasteiger partial charge >= 0.3 is 12.2 Å². The third kappa shape index (κ3) is 4.62. The fraction of sp³-hybridized carbons (Fsp3) is 0.478. The molecule has 0 radical (unpaired) electrons. The molecule has 168 valence electrons. The second-order valence-electron chi connectivity index (χ2n) is 7.66. The molecule has 0 N–H and O–H groups in total. The molecule has 0 unspecified atom stereocenters. The molecule has 0 saturated carbocycles. The number of benzene rings is 1. The van der Waals surface area contributed by atoms with Gasteiger partial charge in [0, 0.05) is 37.8 Å². The van der Waals surface area contributed by atoms with Gasteiger partial charge in [0.2, 0.25) is 0 Å². The molecular weight excluding hydrogens is 405 g/mol. The fourth-order valence-electron chi connectivity index (χ4n) is 3.94. The first-order valence-corrected chi connectivity index (χ1v) is 10.7. The summed E-state index contributed by atoms with van der Waals surface area (Å²) in [5.41, 5.74) is 0.879. The average molecular weight is 435 g/mol. The van der Waals surface area contributed by atoms with E-state index in [2.05, 4.69) is 4.90 Å². The highest BCUT2D eigenvalue weighted by molar-refractivity contribution is 5.95. The molecule has 0 bridgehead atoms. The summed E-state index contributed by atoms with van der Waals surface area (Å²) in [7, 11) is 0. The minimum atomic E-state index is -4.43. The molecular formula is C23H29F3N4O. The van der Waals surface area contributed by atoms with Gasteiger partial charge in [-0.25, -0.2) is 9.78 Å². The molecule has 0 fully saturated rings. The summed E-state index contributed by atoms with van der Waals surface area (Å²) in [6, 6.07) is 8.50. The van der Waals surface area contributed by atoms with E-state index in [9.17, 15) is 18.0 Å². The Balaban J connectivity index is 2.15. The molecule has 1 aliphatic rings. The predicted octanol–water partition coefficient (Wildman–Crippen LogP) is 5.65. The minimum Gasteiger partial charge on any atom is -0.369 e. The summed E-state index contributed by atoms with van der Waals surface area (Å²) in [4.78, 5) is 23.7. The topological polar surface area (TPSA) is 39.7 Å². The van der Waals surface area contributed by atoms with E-state index in [4.69, 9.17) is 4.98 Å². The lowest BCUT2D eigenvalue weighted by atomic mass is 10.1. The zero-order valence-electron chi connectivity index (χ0n) is 18.4. The Hall–Kier alpha value is -2.77. The number of urea groups is 1. The molecule has 0 aliphatic carbocycles. The number of anilines is 2. The van der Waals surface area contributed by atoms with E-state index < -0.39 is 11.7 Å². The van der Waals surface area contributed by atoms with Crippen molar-refractivity contribution in [2.75, 3.05) is 36.0 Å². The van der Waals surface area contributed by atoms with Crippen LogP contribution in [0.15, 0.2) is 36.4 Å². The van der Waals surface area contributed by atoms with Crippen molar-refractivity contribution in [2.45, 2.75) is 46.3 Å². The molecule has 2 heterocycles. The molecule has 2 aromatic rings. The van der Waals surface area contributed by atoms with Crippen LogP contribution in [0.3, 0.4) is 0 Å². The molecule has 0 saturated heterocycles. The fourth-order valence-corrected chi connectivity index (χ4v) is 3.94. The number of pyridine rings is 1. The molecule has 1 atom stereocenters. The van der Waals surface area contributed by atoms with Gasteiger partial charge in [-0.2, -0.15) is 13.2 Å². The van der Waals surface area contributed by atoms with Crippen LogP contribution in [0, 0.1) is 0 Å². The number of amides is 2.